The van der Waals surface area contributed by atoms with Gasteiger partial charge in [0, 0.05) is 34.6 Å². The molecule has 6 heteroatoms. The Morgan fingerprint density at radius 2 is 1.67 bits per heavy atom. The summed E-state index contributed by atoms with van der Waals surface area (Å²) < 4.78 is 34.1. The van der Waals surface area contributed by atoms with Crippen LogP contribution in [0.1, 0.15) is 28.9 Å². The maximum atomic E-state index is 16.6. The SMILES string of the molecule is O=CCCc1ccc2n1B(F)N1C(=C2)C(c2ccccc2)=CC1(F)c1ccccc1. The zero-order chi connectivity index (χ0) is 20.7. The average Bonchev–Trinajstić information content (AvgIpc) is 3.33. The summed E-state index contributed by atoms with van der Waals surface area (Å²) in [5, 5.41) is 0. The summed E-state index contributed by atoms with van der Waals surface area (Å²) in [6, 6.07) is 21.8. The third kappa shape index (κ3) is 2.75. The van der Waals surface area contributed by atoms with Crippen molar-refractivity contribution in [3.05, 3.63) is 107 Å². The molecule has 0 saturated carbocycles. The molecular formula is C24H19BF2N2O. The predicted molar refractivity (Wildman–Crippen MR) is 115 cm³/mol. The van der Waals surface area contributed by atoms with E-state index in [1.165, 1.54) is 15.4 Å². The maximum Gasteiger partial charge on any atom is 0.595 e. The van der Waals surface area contributed by atoms with Crippen LogP contribution in [0.2, 0.25) is 0 Å². The number of aromatic nitrogens is 1. The lowest BCUT2D eigenvalue weighted by molar-refractivity contribution is -0.107. The lowest BCUT2D eigenvalue weighted by Gasteiger charge is -2.38. The third-order valence-electron chi connectivity index (χ3n) is 5.75. The predicted octanol–water partition coefficient (Wildman–Crippen LogP) is 5.00. The van der Waals surface area contributed by atoms with Gasteiger partial charge in [0.25, 0.3) is 0 Å². The second-order valence-electron chi connectivity index (χ2n) is 7.50. The molecule has 0 fully saturated rings. The lowest BCUT2D eigenvalue weighted by Crippen LogP contribution is -2.51. The molecule has 1 unspecified atom stereocenters. The van der Waals surface area contributed by atoms with E-state index in [2.05, 4.69) is 0 Å². The molecule has 2 aromatic carbocycles. The van der Waals surface area contributed by atoms with E-state index in [0.29, 0.717) is 41.1 Å². The number of halogens is 2. The van der Waals surface area contributed by atoms with Crippen molar-refractivity contribution >= 4 is 25.2 Å². The summed E-state index contributed by atoms with van der Waals surface area (Å²) >= 11 is 0. The Bertz CT molecular complexity index is 1160. The van der Waals surface area contributed by atoms with Crippen molar-refractivity contribution in [2.24, 2.45) is 0 Å². The molecule has 0 bridgehead atoms. The van der Waals surface area contributed by atoms with Crippen molar-refractivity contribution in [1.29, 1.82) is 0 Å². The summed E-state index contributed by atoms with van der Waals surface area (Å²) in [6.45, 7) is 0. The van der Waals surface area contributed by atoms with E-state index in [-0.39, 0.29) is 0 Å². The van der Waals surface area contributed by atoms with E-state index >= 15 is 8.71 Å². The summed E-state index contributed by atoms with van der Waals surface area (Å²) in [4.78, 5) is 12.0. The van der Waals surface area contributed by atoms with Crippen LogP contribution in [-0.4, -0.2) is 22.8 Å². The first-order valence-electron chi connectivity index (χ1n) is 9.95. The number of fused-ring (bicyclic) bond motifs is 2. The number of allylic oxidation sites excluding steroid dienone is 1. The minimum absolute atomic E-state index is 0.291. The molecule has 0 radical (unpaired) electrons. The molecule has 30 heavy (non-hydrogen) atoms. The molecule has 0 spiro atoms. The van der Waals surface area contributed by atoms with E-state index < -0.39 is 13.1 Å². The Balaban J connectivity index is 1.70. The number of hydrogen-bond donors (Lipinski definition) is 0. The van der Waals surface area contributed by atoms with Gasteiger partial charge in [-0.25, -0.2) is 4.39 Å². The zero-order valence-corrected chi connectivity index (χ0v) is 16.2. The van der Waals surface area contributed by atoms with Crippen LogP contribution < -0.4 is 0 Å². The molecule has 1 aromatic heterocycles. The third-order valence-corrected chi connectivity index (χ3v) is 5.75. The minimum atomic E-state index is -2.14. The number of aldehydes is 1. The number of hydrogen-bond acceptors (Lipinski definition) is 2. The standard InChI is InChI=1S/C24H19BF2N2O/c26-24(19-10-5-2-6-11-19)17-22(18-8-3-1-4-9-18)23-16-21-14-13-20(12-7-15-30)28(21)25(27)29(23)24/h1-6,8-11,13-17H,7,12H2. The summed E-state index contributed by atoms with van der Waals surface area (Å²) in [5.41, 5.74) is 3.70. The van der Waals surface area contributed by atoms with Crippen LogP contribution in [-0.2, 0) is 17.0 Å². The lowest BCUT2D eigenvalue weighted by atomic mass is 9.89. The van der Waals surface area contributed by atoms with Crippen LogP contribution in [0.15, 0.2) is 84.6 Å². The summed E-state index contributed by atoms with van der Waals surface area (Å²) in [7, 11) is -1.74. The maximum absolute atomic E-state index is 16.6. The van der Waals surface area contributed by atoms with Gasteiger partial charge in [-0.2, -0.15) is 0 Å². The first-order chi connectivity index (χ1) is 14.6. The molecule has 2 aliphatic heterocycles. The van der Waals surface area contributed by atoms with Gasteiger partial charge in [-0.05, 0) is 36.3 Å². The van der Waals surface area contributed by atoms with Gasteiger partial charge >= 0.3 is 7.26 Å². The largest absolute Gasteiger partial charge is 0.595 e. The van der Waals surface area contributed by atoms with Gasteiger partial charge in [0.1, 0.15) is 6.29 Å². The van der Waals surface area contributed by atoms with E-state index in [1.807, 2.05) is 48.5 Å². The highest BCUT2D eigenvalue weighted by atomic mass is 19.1. The van der Waals surface area contributed by atoms with Crippen LogP contribution in [0.25, 0.3) is 11.6 Å². The summed E-state index contributed by atoms with van der Waals surface area (Å²) in [6.07, 6.45) is 4.84. The van der Waals surface area contributed by atoms with Gasteiger partial charge in [0.05, 0.1) is 0 Å². The van der Waals surface area contributed by atoms with Gasteiger partial charge in [0.15, 0.2) is 0 Å². The highest BCUT2D eigenvalue weighted by Crippen LogP contribution is 2.50. The minimum Gasteiger partial charge on any atom is -0.339 e. The van der Waals surface area contributed by atoms with E-state index in [9.17, 15) is 4.79 Å². The van der Waals surface area contributed by atoms with E-state index in [1.54, 1.807) is 30.3 Å². The Kier molecular flexibility index (Phi) is 4.42. The highest BCUT2D eigenvalue weighted by molar-refractivity contribution is 6.49. The fourth-order valence-electron chi connectivity index (χ4n) is 4.35. The van der Waals surface area contributed by atoms with Crippen molar-refractivity contribution < 1.29 is 13.5 Å². The van der Waals surface area contributed by atoms with Crippen LogP contribution in [0.3, 0.4) is 0 Å². The van der Waals surface area contributed by atoms with Gasteiger partial charge in [-0.3, -0.25) is 4.32 Å². The highest BCUT2D eigenvalue weighted by Gasteiger charge is 2.53. The van der Waals surface area contributed by atoms with Crippen LogP contribution in [0.5, 0.6) is 0 Å². The number of aryl methyl sites for hydroxylation is 1. The first kappa shape index (κ1) is 18.6. The first-order valence-corrected chi connectivity index (χ1v) is 9.95. The van der Waals surface area contributed by atoms with Crippen LogP contribution in [0.4, 0.5) is 8.71 Å². The van der Waals surface area contributed by atoms with Crippen LogP contribution in [0, 0.1) is 0 Å². The Labute approximate surface area is 174 Å². The molecule has 0 saturated heterocycles. The zero-order valence-electron chi connectivity index (χ0n) is 16.2. The second kappa shape index (κ2) is 7.13. The van der Waals surface area contributed by atoms with Gasteiger partial charge < -0.3 is 14.1 Å². The molecule has 0 aliphatic carbocycles. The number of rotatable bonds is 5. The molecule has 2 aliphatic rings. The average molecular weight is 400 g/mol. The normalized spacial score (nSPS) is 19.8. The Morgan fingerprint density at radius 1 is 0.967 bits per heavy atom. The van der Waals surface area contributed by atoms with Crippen molar-refractivity contribution in [1.82, 2.24) is 9.29 Å². The fourth-order valence-corrected chi connectivity index (χ4v) is 4.35. The number of carbonyl (C=O) groups excluding carboxylic acids is 1. The summed E-state index contributed by atoms with van der Waals surface area (Å²) in [5.74, 6) is -2.14. The molecule has 5 rings (SSSR count). The van der Waals surface area contributed by atoms with Gasteiger partial charge in [-0.1, -0.05) is 60.7 Å². The molecule has 0 amide bonds. The van der Waals surface area contributed by atoms with E-state index in [0.717, 1.165) is 11.8 Å². The van der Waals surface area contributed by atoms with Crippen molar-refractivity contribution in [2.45, 2.75) is 18.6 Å². The molecular weight excluding hydrogens is 381 g/mol. The molecule has 3 heterocycles. The Morgan fingerprint density at radius 3 is 2.37 bits per heavy atom. The number of nitrogens with zero attached hydrogens (tertiary/aromatic N) is 2. The van der Waals surface area contributed by atoms with Crippen LogP contribution >= 0.6 is 0 Å². The fraction of sp³-hybridized carbons (Fsp3) is 0.125. The monoisotopic (exact) mass is 400 g/mol. The molecule has 0 N–H and O–H groups in total. The molecule has 3 nitrogen and oxygen atoms in total. The number of carbonyl (C=O) groups is 1. The Hall–Kier alpha value is -3.41. The second-order valence-corrected chi connectivity index (χ2v) is 7.50. The molecule has 1 atom stereocenters. The smallest absolute Gasteiger partial charge is 0.339 e. The molecule has 148 valence electrons. The number of benzene rings is 2. The van der Waals surface area contributed by atoms with Gasteiger partial charge in [-0.15, -0.1) is 0 Å². The van der Waals surface area contributed by atoms with Crippen molar-refractivity contribution in [3.63, 3.8) is 0 Å². The topological polar surface area (TPSA) is 25.2 Å². The molecule has 3 aromatic rings. The van der Waals surface area contributed by atoms with Crippen molar-refractivity contribution in [2.75, 3.05) is 0 Å². The van der Waals surface area contributed by atoms with Crippen molar-refractivity contribution in [3.8, 4) is 0 Å². The quantitative estimate of drug-likeness (QED) is 0.342. The van der Waals surface area contributed by atoms with Gasteiger partial charge in [0.2, 0.25) is 5.79 Å². The van der Waals surface area contributed by atoms with E-state index in [4.69, 9.17) is 0 Å². The number of alkyl halides is 1.